The van der Waals surface area contributed by atoms with Crippen LogP contribution in [0.2, 0.25) is 0 Å². The van der Waals surface area contributed by atoms with Crippen molar-refractivity contribution >= 4 is 48.5 Å². The third-order valence-corrected chi connectivity index (χ3v) is 7.78. The molecule has 0 spiro atoms. The molecule has 0 unspecified atom stereocenters. The average molecular weight is 641 g/mol. The smallest absolute Gasteiger partial charge is 0.455 e. The number of carbonyl (C=O) groups excluding carboxylic acids is 1. The Hall–Kier alpha value is -3.65. The molecule has 1 amide bonds. The zero-order valence-electron chi connectivity index (χ0n) is 21.3. The van der Waals surface area contributed by atoms with Crippen LogP contribution in [0.3, 0.4) is 0 Å². The van der Waals surface area contributed by atoms with E-state index in [4.69, 9.17) is 4.42 Å². The van der Waals surface area contributed by atoms with Crippen LogP contribution in [-0.4, -0.2) is 35.9 Å². The lowest BCUT2D eigenvalue weighted by atomic mass is 10.1. The minimum Gasteiger partial charge on any atom is -0.455 e. The summed E-state index contributed by atoms with van der Waals surface area (Å²) in [5.41, 5.74) is -4.96. The number of rotatable bonds is 9. The summed E-state index contributed by atoms with van der Waals surface area (Å²) in [6.45, 7) is 4.26. The van der Waals surface area contributed by atoms with Crippen LogP contribution in [0.15, 0.2) is 62.2 Å². The lowest BCUT2D eigenvalue weighted by Crippen LogP contribution is -2.31. The number of fused-ring (bicyclic) bond motifs is 1. The number of anilines is 1. The molecule has 4 rings (SSSR count). The van der Waals surface area contributed by atoms with Crippen LogP contribution in [0.4, 0.5) is 18.9 Å². The molecule has 0 bridgehead atoms. The third-order valence-electron chi connectivity index (χ3n) is 5.90. The summed E-state index contributed by atoms with van der Waals surface area (Å²) in [5, 5.41) is 3.27. The first-order valence-corrected chi connectivity index (χ1v) is 14.4. The average Bonchev–Trinajstić information content (AvgIpc) is 3.20. The number of para-hydroxylation sites is 1. The van der Waals surface area contributed by atoms with E-state index in [1.54, 1.807) is 34.4 Å². The highest BCUT2D eigenvalue weighted by atomic mass is 79.9. The van der Waals surface area contributed by atoms with Crippen molar-refractivity contribution in [1.82, 2.24) is 14.9 Å². The van der Waals surface area contributed by atoms with Gasteiger partial charge in [-0.05, 0) is 59.1 Å². The highest BCUT2D eigenvalue weighted by Gasteiger charge is 2.46. The number of benzene rings is 2. The Kier molecular flexibility index (Phi) is 8.40. The van der Waals surface area contributed by atoms with Crippen molar-refractivity contribution in [3.05, 3.63) is 80.4 Å². The van der Waals surface area contributed by atoms with Crippen LogP contribution >= 0.6 is 15.9 Å². The van der Waals surface area contributed by atoms with Gasteiger partial charge in [0, 0.05) is 36.5 Å². The van der Waals surface area contributed by atoms with Crippen LogP contribution in [0.1, 0.15) is 42.1 Å². The molecule has 0 fully saturated rings. The van der Waals surface area contributed by atoms with Gasteiger partial charge < -0.3 is 14.3 Å². The lowest BCUT2D eigenvalue weighted by Gasteiger charge is -2.17. The predicted molar refractivity (Wildman–Crippen MR) is 148 cm³/mol. The summed E-state index contributed by atoms with van der Waals surface area (Å²) in [7, 11) is -5.66. The molecule has 0 aliphatic rings. The van der Waals surface area contributed by atoms with E-state index >= 15 is 0 Å². The molecule has 40 heavy (non-hydrogen) atoms. The highest BCUT2D eigenvalue weighted by Crippen LogP contribution is 2.41. The van der Waals surface area contributed by atoms with Gasteiger partial charge >= 0.3 is 15.5 Å². The van der Waals surface area contributed by atoms with Crippen molar-refractivity contribution in [3.63, 3.8) is 0 Å². The Morgan fingerprint density at radius 3 is 2.52 bits per heavy atom. The monoisotopic (exact) mass is 640 g/mol. The normalized spacial score (nSPS) is 12.1. The maximum Gasteiger partial charge on any atom is 0.516 e. The minimum absolute atomic E-state index is 0.0910. The van der Waals surface area contributed by atoms with Crippen LogP contribution in [0, 0.1) is 0 Å². The summed E-state index contributed by atoms with van der Waals surface area (Å²) in [6, 6.07) is 11.9. The molecular formula is C26H24BrF3N4O5S. The van der Waals surface area contributed by atoms with E-state index in [1.807, 2.05) is 6.92 Å². The largest absolute Gasteiger partial charge is 0.516 e. The van der Waals surface area contributed by atoms with Crippen molar-refractivity contribution in [2.24, 2.45) is 0 Å². The van der Waals surface area contributed by atoms with Crippen LogP contribution in [0.5, 0.6) is 0 Å². The van der Waals surface area contributed by atoms with Crippen molar-refractivity contribution in [2.45, 2.75) is 38.7 Å². The van der Waals surface area contributed by atoms with E-state index in [1.165, 1.54) is 30.3 Å². The maximum atomic E-state index is 13.0. The Labute approximate surface area is 235 Å². The third kappa shape index (κ3) is 5.92. The van der Waals surface area contributed by atoms with Gasteiger partial charge in [-0.1, -0.05) is 25.1 Å². The fourth-order valence-electron chi connectivity index (χ4n) is 4.13. The number of carbonyl (C=O) groups is 1. The van der Waals surface area contributed by atoms with Gasteiger partial charge in [0.2, 0.25) is 0 Å². The lowest BCUT2D eigenvalue weighted by molar-refractivity contribution is -0.0429. The molecule has 14 heteroatoms. The van der Waals surface area contributed by atoms with Gasteiger partial charge in [0.05, 0.1) is 10.2 Å². The molecule has 0 atom stereocenters. The van der Waals surface area contributed by atoms with Gasteiger partial charge in [0.25, 0.3) is 11.5 Å². The van der Waals surface area contributed by atoms with E-state index in [0.717, 1.165) is 5.56 Å². The number of furan rings is 1. The molecule has 9 nitrogen and oxygen atoms in total. The molecule has 0 saturated heterocycles. The van der Waals surface area contributed by atoms with Gasteiger partial charge in [-0.2, -0.15) is 26.6 Å². The molecule has 2 N–H and O–H groups in total. The Morgan fingerprint density at radius 2 is 1.85 bits per heavy atom. The first-order chi connectivity index (χ1) is 18.9. The summed E-state index contributed by atoms with van der Waals surface area (Å²) in [5.74, 6) is 0.159. The second kappa shape index (κ2) is 11.5. The molecule has 2 aromatic heterocycles. The fourth-order valence-corrected chi connectivity index (χ4v) is 5.31. The number of nitrogens with one attached hydrogen (secondary N) is 2. The number of aryl methyl sites for hydroxylation is 1. The summed E-state index contributed by atoms with van der Waals surface area (Å²) >= 11 is 3.45. The maximum absolute atomic E-state index is 13.0. The Bertz CT molecular complexity index is 1750. The number of hydrogen-bond acceptors (Lipinski definition) is 6. The van der Waals surface area contributed by atoms with E-state index in [0.29, 0.717) is 40.7 Å². The minimum atomic E-state index is -5.66. The molecule has 212 valence electrons. The van der Waals surface area contributed by atoms with Crippen LogP contribution in [-0.2, 0) is 23.0 Å². The molecule has 0 radical (unpaired) electrons. The molecular weight excluding hydrogens is 617 g/mol. The van der Waals surface area contributed by atoms with Gasteiger partial charge in [-0.15, -0.1) is 0 Å². The standard InChI is InChI=1S/C26H24BrF3N4O5S/c1-3-7-21-32-22(35)13-19(25(36)31-4-2)34(21)14-15-10-11-20-17(12-15)23(27)24(39-20)16-8-5-6-9-18(16)33-40(37,38)26(28,29)30/h5-6,8-13,33H,3-4,7,14H2,1-2H3,(H,31,36). The number of hydrogen-bond donors (Lipinski definition) is 2. The number of aromatic nitrogens is 2. The van der Waals surface area contributed by atoms with Crippen LogP contribution in [0.25, 0.3) is 22.3 Å². The molecule has 0 saturated carbocycles. The number of nitrogens with zero attached hydrogens (tertiary/aromatic N) is 2. The highest BCUT2D eigenvalue weighted by molar-refractivity contribution is 9.10. The van der Waals surface area contributed by atoms with Crippen molar-refractivity contribution in [3.8, 4) is 11.3 Å². The zero-order valence-corrected chi connectivity index (χ0v) is 23.7. The molecule has 2 aromatic carbocycles. The van der Waals surface area contributed by atoms with Gasteiger partial charge in [0.15, 0.2) is 5.76 Å². The molecule has 2 heterocycles. The zero-order chi connectivity index (χ0) is 29.2. The topological polar surface area (TPSA) is 123 Å². The quantitative estimate of drug-likeness (QED) is 0.251. The van der Waals surface area contributed by atoms with E-state index in [2.05, 4.69) is 26.2 Å². The number of halogens is 4. The second-order valence-corrected chi connectivity index (χ2v) is 11.2. The van der Waals surface area contributed by atoms with Crippen molar-refractivity contribution < 1.29 is 30.8 Å². The summed E-state index contributed by atoms with van der Waals surface area (Å²) < 4.78 is 72.1. The molecule has 4 aromatic rings. The van der Waals surface area contributed by atoms with Gasteiger partial charge in [0.1, 0.15) is 17.1 Å². The SMILES string of the molecule is CCCc1nc(=O)cc(C(=O)NCC)n1Cc1ccc2oc(-c3ccccc3NS(=O)(=O)C(F)(F)F)c(Br)c2c1. The van der Waals surface area contributed by atoms with Gasteiger partial charge in [-0.25, -0.2) is 0 Å². The fraction of sp³-hybridized carbons (Fsp3) is 0.269. The first kappa shape index (κ1) is 29.3. The number of amides is 1. The Morgan fingerprint density at radius 1 is 1.12 bits per heavy atom. The number of sulfonamides is 1. The Balaban J connectivity index is 1.78. The molecule has 0 aliphatic heterocycles. The first-order valence-electron chi connectivity index (χ1n) is 12.1. The summed E-state index contributed by atoms with van der Waals surface area (Å²) in [6.07, 6.45) is 1.16. The van der Waals surface area contributed by atoms with Crippen LogP contribution < -0.4 is 15.6 Å². The second-order valence-electron chi connectivity index (χ2n) is 8.76. The van der Waals surface area contributed by atoms with Crippen molar-refractivity contribution in [2.75, 3.05) is 11.3 Å². The van der Waals surface area contributed by atoms with Gasteiger partial charge in [-0.3, -0.25) is 14.3 Å². The number of alkyl halides is 3. The van der Waals surface area contributed by atoms with E-state index in [-0.39, 0.29) is 29.2 Å². The summed E-state index contributed by atoms with van der Waals surface area (Å²) in [4.78, 5) is 29.0. The molecule has 0 aliphatic carbocycles. The van der Waals surface area contributed by atoms with E-state index < -0.39 is 27.0 Å². The van der Waals surface area contributed by atoms with E-state index in [9.17, 15) is 31.2 Å². The predicted octanol–water partition coefficient (Wildman–Crippen LogP) is 5.43. The van der Waals surface area contributed by atoms with Crippen molar-refractivity contribution in [1.29, 1.82) is 0 Å².